The van der Waals surface area contributed by atoms with Gasteiger partial charge in [0, 0.05) is 20.6 Å². The first-order chi connectivity index (χ1) is 9.06. The quantitative estimate of drug-likeness (QED) is 0.730. The van der Waals surface area contributed by atoms with Crippen molar-refractivity contribution >= 4 is 12.0 Å². The highest BCUT2D eigenvalue weighted by Gasteiger charge is 2.30. The van der Waals surface area contributed by atoms with Crippen LogP contribution in [0.5, 0.6) is 0 Å². The molecule has 19 heavy (non-hydrogen) atoms. The maximum Gasteiger partial charge on any atom is 0.409 e. The van der Waals surface area contributed by atoms with E-state index in [1.807, 2.05) is 27.7 Å². The van der Waals surface area contributed by atoms with Gasteiger partial charge in [0.05, 0.1) is 20.3 Å². The van der Waals surface area contributed by atoms with Crippen molar-refractivity contribution in [1.82, 2.24) is 9.80 Å². The Hall–Kier alpha value is -1.30. The minimum absolute atomic E-state index is 0.136. The molecule has 1 heterocycles. The van der Waals surface area contributed by atoms with Gasteiger partial charge in [0.25, 0.3) is 5.91 Å². The summed E-state index contributed by atoms with van der Waals surface area (Å²) in [6.45, 7) is 9.08. The highest BCUT2D eigenvalue weighted by Crippen LogP contribution is 2.08. The molecule has 0 spiro atoms. The normalized spacial score (nSPS) is 17.2. The van der Waals surface area contributed by atoms with Gasteiger partial charge in [0.1, 0.15) is 0 Å². The molecular weight excluding hydrogens is 248 g/mol. The van der Waals surface area contributed by atoms with Crippen molar-refractivity contribution < 1.29 is 19.1 Å². The van der Waals surface area contributed by atoms with Crippen LogP contribution in [-0.2, 0) is 14.3 Å². The molecule has 0 aromatic rings. The Bertz CT molecular complexity index is 257. The predicted octanol–water partition coefficient (Wildman–Crippen LogP) is 1.59. The number of hydrogen-bond donors (Lipinski definition) is 0. The summed E-state index contributed by atoms with van der Waals surface area (Å²) in [7, 11) is 4.63. The zero-order valence-corrected chi connectivity index (χ0v) is 13.2. The molecule has 1 saturated heterocycles. The molecule has 6 nitrogen and oxygen atoms in total. The van der Waals surface area contributed by atoms with E-state index in [0.29, 0.717) is 13.2 Å². The van der Waals surface area contributed by atoms with E-state index in [4.69, 9.17) is 4.74 Å². The Labute approximate surface area is 116 Å². The van der Waals surface area contributed by atoms with E-state index in [1.54, 1.807) is 14.1 Å². The van der Waals surface area contributed by atoms with Gasteiger partial charge in [-0.2, -0.15) is 0 Å². The fourth-order valence-corrected chi connectivity index (χ4v) is 1.38. The van der Waals surface area contributed by atoms with Crippen molar-refractivity contribution in [3.63, 3.8) is 0 Å². The molecule has 1 atom stereocenters. The molecule has 0 aliphatic carbocycles. The van der Waals surface area contributed by atoms with Crippen LogP contribution in [0.4, 0.5) is 4.79 Å². The first-order valence-corrected chi connectivity index (χ1v) is 6.72. The molecule has 2 amide bonds. The Balaban J connectivity index is 0. The van der Waals surface area contributed by atoms with Gasteiger partial charge < -0.3 is 19.3 Å². The van der Waals surface area contributed by atoms with Gasteiger partial charge in [-0.15, -0.1) is 0 Å². The lowest BCUT2D eigenvalue weighted by atomic mass is 10.2. The van der Waals surface area contributed by atoms with Crippen molar-refractivity contribution in [2.45, 2.75) is 33.8 Å². The number of hydrogen-bond acceptors (Lipinski definition) is 4. The van der Waals surface area contributed by atoms with E-state index in [9.17, 15) is 9.59 Å². The van der Waals surface area contributed by atoms with E-state index in [-0.39, 0.29) is 12.5 Å². The number of carbonyl (C=O) groups is 2. The lowest BCUT2D eigenvalue weighted by Gasteiger charge is -2.32. The minimum atomic E-state index is -0.576. The summed E-state index contributed by atoms with van der Waals surface area (Å²) < 4.78 is 9.87. The van der Waals surface area contributed by atoms with E-state index < -0.39 is 12.2 Å². The number of rotatable bonds is 1. The first-order valence-electron chi connectivity index (χ1n) is 6.72. The summed E-state index contributed by atoms with van der Waals surface area (Å²) in [5, 5.41) is 0. The number of likely N-dealkylation sites (N-methyl/N-ethyl adjacent to an activating group) is 1. The SMILES string of the molecule is CC.CC.COC(=O)N1CCOC(C(=O)N(C)C)C1. The van der Waals surface area contributed by atoms with Gasteiger partial charge in [-0.1, -0.05) is 27.7 Å². The standard InChI is InChI=1S/C9H16N2O4.2C2H6/c1-10(2)8(12)7-6-11(4-5-15-7)9(13)14-3;2*1-2/h7H,4-6H2,1-3H3;2*1-2H3. The Kier molecular flexibility index (Phi) is 12.4. The molecule has 1 fully saturated rings. The molecule has 0 saturated carbocycles. The van der Waals surface area contributed by atoms with Gasteiger partial charge in [0.15, 0.2) is 6.10 Å². The molecule has 0 aromatic carbocycles. The van der Waals surface area contributed by atoms with Crippen molar-refractivity contribution in [2.75, 3.05) is 40.9 Å². The van der Waals surface area contributed by atoms with Gasteiger partial charge in [-0.25, -0.2) is 4.79 Å². The maximum atomic E-state index is 11.6. The van der Waals surface area contributed by atoms with Crippen LogP contribution in [0.2, 0.25) is 0 Å². The van der Waals surface area contributed by atoms with Crippen LogP contribution in [0.1, 0.15) is 27.7 Å². The van der Waals surface area contributed by atoms with Crippen molar-refractivity contribution in [3.8, 4) is 0 Å². The Morgan fingerprint density at radius 3 is 2.16 bits per heavy atom. The van der Waals surface area contributed by atoms with Crippen LogP contribution < -0.4 is 0 Å². The number of carbonyl (C=O) groups excluding carboxylic acids is 2. The molecule has 114 valence electrons. The van der Waals surface area contributed by atoms with Gasteiger partial charge in [-0.3, -0.25) is 4.79 Å². The van der Waals surface area contributed by atoms with Crippen LogP contribution in [0, 0.1) is 0 Å². The first kappa shape index (κ1) is 20.0. The number of ether oxygens (including phenoxy) is 2. The van der Waals surface area contributed by atoms with E-state index in [0.717, 1.165) is 0 Å². The minimum Gasteiger partial charge on any atom is -0.453 e. The molecule has 0 N–H and O–H groups in total. The predicted molar refractivity (Wildman–Crippen MR) is 75.1 cm³/mol. The van der Waals surface area contributed by atoms with Crippen molar-refractivity contribution in [1.29, 1.82) is 0 Å². The second-order valence-electron chi connectivity index (χ2n) is 3.51. The van der Waals surface area contributed by atoms with Crippen molar-refractivity contribution in [2.24, 2.45) is 0 Å². The third kappa shape index (κ3) is 7.00. The lowest BCUT2D eigenvalue weighted by molar-refractivity contribution is -0.145. The summed E-state index contributed by atoms with van der Waals surface area (Å²) in [6, 6.07) is 0. The molecule has 0 bridgehead atoms. The van der Waals surface area contributed by atoms with Gasteiger partial charge in [-0.05, 0) is 0 Å². The summed E-state index contributed by atoms with van der Waals surface area (Å²) in [5.74, 6) is -0.136. The monoisotopic (exact) mass is 276 g/mol. The third-order valence-electron chi connectivity index (χ3n) is 2.22. The maximum absolute atomic E-state index is 11.6. The zero-order chi connectivity index (χ0) is 15.4. The van der Waals surface area contributed by atoms with Gasteiger partial charge in [0.2, 0.25) is 0 Å². The van der Waals surface area contributed by atoms with Crippen LogP contribution >= 0.6 is 0 Å². The van der Waals surface area contributed by atoms with Crippen molar-refractivity contribution in [3.05, 3.63) is 0 Å². The Morgan fingerprint density at radius 1 is 1.21 bits per heavy atom. The number of methoxy groups -OCH3 is 1. The highest BCUT2D eigenvalue weighted by molar-refractivity contribution is 5.81. The number of morpholine rings is 1. The summed E-state index contributed by atoms with van der Waals surface area (Å²) in [4.78, 5) is 25.7. The fraction of sp³-hybridized carbons (Fsp3) is 0.846. The van der Waals surface area contributed by atoms with E-state index in [1.165, 1.54) is 16.9 Å². The average Bonchev–Trinajstić information content (AvgIpc) is 2.49. The molecule has 6 heteroatoms. The van der Waals surface area contributed by atoms with Gasteiger partial charge >= 0.3 is 6.09 Å². The molecule has 0 radical (unpaired) electrons. The lowest BCUT2D eigenvalue weighted by Crippen LogP contribution is -2.51. The summed E-state index contributed by atoms with van der Waals surface area (Å²) in [5.41, 5.74) is 0. The van der Waals surface area contributed by atoms with E-state index >= 15 is 0 Å². The average molecular weight is 276 g/mol. The number of nitrogens with zero attached hydrogens (tertiary/aromatic N) is 2. The molecule has 1 aliphatic heterocycles. The second kappa shape index (κ2) is 11.8. The molecule has 1 aliphatic rings. The molecular formula is C13H28N2O4. The largest absolute Gasteiger partial charge is 0.453 e. The van der Waals surface area contributed by atoms with Crippen LogP contribution in [-0.4, -0.2) is 68.8 Å². The van der Waals surface area contributed by atoms with Crippen LogP contribution in [0.3, 0.4) is 0 Å². The smallest absolute Gasteiger partial charge is 0.409 e. The molecule has 0 aromatic heterocycles. The second-order valence-corrected chi connectivity index (χ2v) is 3.51. The zero-order valence-electron chi connectivity index (χ0n) is 13.2. The highest BCUT2D eigenvalue weighted by atomic mass is 16.5. The Morgan fingerprint density at radius 2 is 1.74 bits per heavy atom. The molecule has 1 rings (SSSR count). The van der Waals surface area contributed by atoms with Crippen LogP contribution in [0.25, 0.3) is 0 Å². The summed E-state index contributed by atoms with van der Waals surface area (Å²) >= 11 is 0. The fourth-order valence-electron chi connectivity index (χ4n) is 1.38. The topological polar surface area (TPSA) is 59.1 Å². The van der Waals surface area contributed by atoms with E-state index in [2.05, 4.69) is 4.74 Å². The molecule has 1 unspecified atom stereocenters. The summed E-state index contributed by atoms with van der Waals surface area (Å²) in [6.07, 6.45) is -0.997. The number of amides is 2. The third-order valence-corrected chi connectivity index (χ3v) is 2.22. The van der Waals surface area contributed by atoms with Crippen LogP contribution in [0.15, 0.2) is 0 Å².